The molecule has 0 spiro atoms. The lowest BCUT2D eigenvalue weighted by atomic mass is 10.1. The third kappa shape index (κ3) is 4.30. The van der Waals surface area contributed by atoms with E-state index in [0.717, 1.165) is 16.6 Å². The lowest BCUT2D eigenvalue weighted by molar-refractivity contribution is -0.126. The molecule has 31 heavy (non-hydrogen) atoms. The van der Waals surface area contributed by atoms with Gasteiger partial charge in [0.15, 0.2) is 0 Å². The van der Waals surface area contributed by atoms with Gasteiger partial charge in [0.25, 0.3) is 5.91 Å². The molecule has 1 aliphatic heterocycles. The van der Waals surface area contributed by atoms with E-state index in [1.165, 1.54) is 5.01 Å². The molecule has 0 aliphatic carbocycles. The number of fused-ring (bicyclic) bond motifs is 1. The monoisotopic (exact) mass is 418 g/mol. The minimum Gasteiger partial charge on any atom is -0.331 e. The number of anilines is 1. The van der Waals surface area contributed by atoms with Gasteiger partial charge in [0.05, 0.1) is 23.1 Å². The number of hydrogen-bond donors (Lipinski definition) is 2. The Morgan fingerprint density at radius 3 is 2.65 bits per heavy atom. The van der Waals surface area contributed by atoms with E-state index >= 15 is 0 Å². The quantitative estimate of drug-likeness (QED) is 0.629. The molecule has 0 saturated carbocycles. The van der Waals surface area contributed by atoms with Crippen molar-refractivity contribution in [2.45, 2.75) is 26.2 Å². The van der Waals surface area contributed by atoms with Gasteiger partial charge in [-0.25, -0.2) is 9.99 Å². The normalized spacial score (nSPS) is 13.8. The topological polar surface area (TPSA) is 109 Å². The van der Waals surface area contributed by atoms with Crippen molar-refractivity contribution in [3.63, 3.8) is 0 Å². The average Bonchev–Trinajstić information content (AvgIpc) is 3.08. The third-order valence-electron chi connectivity index (χ3n) is 5.05. The summed E-state index contributed by atoms with van der Waals surface area (Å²) in [6.07, 6.45) is 0.369. The lowest BCUT2D eigenvalue weighted by Gasteiger charge is -2.23. The van der Waals surface area contributed by atoms with Crippen molar-refractivity contribution in [2.75, 3.05) is 5.01 Å². The Morgan fingerprint density at radius 2 is 1.87 bits per heavy atom. The van der Waals surface area contributed by atoms with Gasteiger partial charge in [-0.05, 0) is 36.8 Å². The molecule has 0 bridgehead atoms. The van der Waals surface area contributed by atoms with E-state index < -0.39 is 11.8 Å². The van der Waals surface area contributed by atoms with Crippen LogP contribution in [0, 0.1) is 6.92 Å². The highest BCUT2D eigenvalue weighted by Gasteiger charge is 2.26. The van der Waals surface area contributed by atoms with Crippen molar-refractivity contribution in [1.29, 1.82) is 0 Å². The Morgan fingerprint density at radius 1 is 1.06 bits per heavy atom. The molecule has 1 aliphatic rings. The molecule has 2 heterocycles. The Labute approximate surface area is 178 Å². The number of hydrazone groups is 1. The van der Waals surface area contributed by atoms with Crippen LogP contribution in [0.4, 0.5) is 5.69 Å². The van der Waals surface area contributed by atoms with Crippen LogP contribution in [0.5, 0.6) is 0 Å². The maximum Gasteiger partial charge on any atom is 0.285 e. The molecule has 158 valence electrons. The number of aryl methyl sites for hydroxylation is 2. The number of rotatable bonds is 4. The summed E-state index contributed by atoms with van der Waals surface area (Å²) in [6, 6.07) is 14.9. The van der Waals surface area contributed by atoms with Crippen LogP contribution in [-0.2, 0) is 27.9 Å². The molecule has 2 N–H and O–H groups in total. The summed E-state index contributed by atoms with van der Waals surface area (Å²) in [6.45, 7) is 1.91. The average molecular weight is 418 g/mol. The molecule has 0 unspecified atom stereocenters. The Balaban J connectivity index is 1.40. The summed E-state index contributed by atoms with van der Waals surface area (Å²) >= 11 is 0. The highest BCUT2D eigenvalue weighted by atomic mass is 16.2. The molecule has 0 saturated heterocycles. The van der Waals surface area contributed by atoms with Gasteiger partial charge >= 0.3 is 0 Å². The van der Waals surface area contributed by atoms with Crippen molar-refractivity contribution in [2.24, 2.45) is 12.1 Å². The first-order valence-corrected chi connectivity index (χ1v) is 9.89. The number of hydrogen-bond acceptors (Lipinski definition) is 5. The van der Waals surface area contributed by atoms with Crippen LogP contribution in [0.15, 0.2) is 53.6 Å². The number of nitrogens with one attached hydrogen (secondary N) is 2. The third-order valence-corrected chi connectivity index (χ3v) is 5.05. The molecule has 9 heteroatoms. The maximum absolute atomic E-state index is 12.5. The van der Waals surface area contributed by atoms with Crippen molar-refractivity contribution >= 4 is 40.2 Å². The fraction of sp³-hybridized carbons (Fsp3) is 0.227. The highest BCUT2D eigenvalue weighted by Crippen LogP contribution is 2.21. The van der Waals surface area contributed by atoms with Crippen LogP contribution in [0.25, 0.3) is 11.0 Å². The van der Waals surface area contributed by atoms with Crippen LogP contribution in [0.3, 0.4) is 0 Å². The summed E-state index contributed by atoms with van der Waals surface area (Å²) in [7, 11) is 1.84. The zero-order valence-electron chi connectivity index (χ0n) is 17.3. The second-order valence-electron chi connectivity index (χ2n) is 7.35. The second-order valence-corrected chi connectivity index (χ2v) is 7.35. The maximum atomic E-state index is 12.5. The molecule has 9 nitrogen and oxygen atoms in total. The minimum absolute atomic E-state index is 0.00579. The van der Waals surface area contributed by atoms with Crippen LogP contribution in [-0.4, -0.2) is 33.0 Å². The summed E-state index contributed by atoms with van der Waals surface area (Å²) in [5.74, 6) is -0.564. The van der Waals surface area contributed by atoms with E-state index in [1.54, 1.807) is 6.07 Å². The molecule has 0 fully saturated rings. The largest absolute Gasteiger partial charge is 0.331 e. The summed E-state index contributed by atoms with van der Waals surface area (Å²) < 4.78 is 1.84. The molecule has 0 atom stereocenters. The van der Waals surface area contributed by atoms with Crippen molar-refractivity contribution in [3.05, 3.63) is 59.9 Å². The number of para-hydroxylation sites is 2. The Kier molecular flexibility index (Phi) is 5.48. The van der Waals surface area contributed by atoms with Gasteiger partial charge in [-0.2, -0.15) is 5.10 Å². The van der Waals surface area contributed by atoms with Gasteiger partial charge in [0.1, 0.15) is 11.5 Å². The van der Waals surface area contributed by atoms with E-state index in [0.29, 0.717) is 11.5 Å². The van der Waals surface area contributed by atoms with Crippen LogP contribution < -0.4 is 15.9 Å². The molecule has 2 aromatic carbocycles. The molecule has 4 rings (SSSR count). The highest BCUT2D eigenvalue weighted by molar-refractivity contribution is 6.40. The summed E-state index contributed by atoms with van der Waals surface area (Å²) in [4.78, 5) is 41.5. The summed E-state index contributed by atoms with van der Waals surface area (Å²) in [5, 5.41) is 5.43. The number of carbonyl (C=O) groups excluding carboxylic acids is 3. The smallest absolute Gasteiger partial charge is 0.285 e. The van der Waals surface area contributed by atoms with Crippen LogP contribution in [0.2, 0.25) is 0 Å². The van der Waals surface area contributed by atoms with Crippen LogP contribution in [0.1, 0.15) is 24.2 Å². The fourth-order valence-corrected chi connectivity index (χ4v) is 3.42. The lowest BCUT2D eigenvalue weighted by Crippen LogP contribution is -2.47. The fourth-order valence-electron chi connectivity index (χ4n) is 3.42. The van der Waals surface area contributed by atoms with Gasteiger partial charge < -0.3 is 4.57 Å². The van der Waals surface area contributed by atoms with E-state index in [4.69, 9.17) is 0 Å². The van der Waals surface area contributed by atoms with E-state index in [2.05, 4.69) is 20.9 Å². The van der Waals surface area contributed by atoms with Gasteiger partial charge in [0.2, 0.25) is 11.8 Å². The standard InChI is InChI=1S/C22H22N6O3/c1-14-6-5-7-15(12-14)28-21(30)11-10-17(26-28)22(31)25-24-20(29)13-19-23-16-8-3-4-9-18(16)27(19)2/h3-9,12H,10-11,13H2,1-2H3,(H,24,29)(H,25,31). The van der Waals surface area contributed by atoms with Gasteiger partial charge in [0, 0.05) is 19.9 Å². The number of aromatic nitrogens is 2. The van der Waals surface area contributed by atoms with Crippen molar-refractivity contribution in [3.8, 4) is 0 Å². The predicted octanol–water partition coefficient (Wildman–Crippen LogP) is 1.75. The van der Waals surface area contributed by atoms with Crippen LogP contribution >= 0.6 is 0 Å². The van der Waals surface area contributed by atoms with E-state index in [-0.39, 0.29) is 30.9 Å². The first-order valence-electron chi connectivity index (χ1n) is 9.89. The molecule has 1 aromatic heterocycles. The SMILES string of the molecule is Cc1cccc(N2N=C(C(=O)NNC(=O)Cc3nc4ccccc4n3C)CCC2=O)c1. The predicted molar refractivity (Wildman–Crippen MR) is 116 cm³/mol. The minimum atomic E-state index is -0.552. The zero-order valence-corrected chi connectivity index (χ0v) is 17.3. The van der Waals surface area contributed by atoms with Crippen molar-refractivity contribution in [1.82, 2.24) is 20.4 Å². The second kappa shape index (κ2) is 8.39. The number of benzene rings is 2. The van der Waals surface area contributed by atoms with E-state index in [1.807, 2.05) is 61.0 Å². The zero-order chi connectivity index (χ0) is 22.0. The summed E-state index contributed by atoms with van der Waals surface area (Å²) in [5.41, 5.74) is 8.25. The Hall–Kier alpha value is -4.01. The number of hydrazine groups is 1. The molecule has 3 aromatic rings. The van der Waals surface area contributed by atoms with Crippen molar-refractivity contribution < 1.29 is 14.4 Å². The number of imidazole rings is 1. The molecule has 0 radical (unpaired) electrons. The van der Waals surface area contributed by atoms with Gasteiger partial charge in [-0.1, -0.05) is 24.3 Å². The number of amides is 3. The first-order chi connectivity index (χ1) is 14.9. The molecule has 3 amide bonds. The van der Waals surface area contributed by atoms with E-state index in [9.17, 15) is 14.4 Å². The molecular weight excluding hydrogens is 396 g/mol. The van der Waals surface area contributed by atoms with Gasteiger partial charge in [-0.3, -0.25) is 25.2 Å². The molecular formula is C22H22N6O3. The number of nitrogens with zero attached hydrogens (tertiary/aromatic N) is 4. The van der Waals surface area contributed by atoms with Gasteiger partial charge in [-0.15, -0.1) is 0 Å². The first kappa shape index (κ1) is 20.3. The Bertz CT molecular complexity index is 1210. The number of carbonyl (C=O) groups is 3.